The lowest BCUT2D eigenvalue weighted by Crippen LogP contribution is -2.32. The van der Waals surface area contributed by atoms with Gasteiger partial charge in [0.05, 0.1) is 10.6 Å². The second-order valence-electron chi connectivity index (χ2n) is 4.97. The lowest BCUT2D eigenvalue weighted by molar-refractivity contribution is -0.125. The first-order chi connectivity index (χ1) is 9.66. The zero-order valence-electron chi connectivity index (χ0n) is 11.3. The van der Waals surface area contributed by atoms with Crippen molar-refractivity contribution < 1.29 is 9.59 Å². The van der Waals surface area contributed by atoms with Gasteiger partial charge in [-0.25, -0.2) is 0 Å². The number of carbonyl (C=O) groups excluding carboxylic acids is 2. The molecule has 0 aromatic heterocycles. The van der Waals surface area contributed by atoms with Crippen LogP contribution in [0.15, 0.2) is 40.1 Å². The molecule has 0 spiro atoms. The van der Waals surface area contributed by atoms with E-state index in [-0.39, 0.29) is 11.8 Å². The molecule has 4 nitrogen and oxygen atoms in total. The van der Waals surface area contributed by atoms with Crippen LogP contribution in [0.25, 0.3) is 0 Å². The molecule has 0 N–H and O–H groups in total. The highest BCUT2D eigenvalue weighted by molar-refractivity contribution is 8.04. The maximum absolute atomic E-state index is 12.3. The van der Waals surface area contributed by atoms with E-state index >= 15 is 0 Å². The molecular weight excluding hydrogens is 272 g/mol. The Kier molecular flexibility index (Phi) is 3.53. The van der Waals surface area contributed by atoms with Crippen molar-refractivity contribution >= 4 is 29.3 Å². The fraction of sp³-hybridized carbons (Fsp3) is 0.333. The van der Waals surface area contributed by atoms with E-state index in [1.54, 1.807) is 16.8 Å². The van der Waals surface area contributed by atoms with Crippen molar-refractivity contribution in [2.24, 2.45) is 0 Å². The molecule has 0 radical (unpaired) electrons. The minimum absolute atomic E-state index is 0.0499. The second-order valence-corrected chi connectivity index (χ2v) is 6.06. The average Bonchev–Trinajstić information content (AvgIpc) is 2.99. The van der Waals surface area contributed by atoms with Gasteiger partial charge in [0.25, 0.3) is 5.91 Å². The summed E-state index contributed by atoms with van der Waals surface area (Å²) in [6.45, 7) is 1.60. The molecule has 1 aromatic rings. The Hall–Kier alpha value is -1.75. The van der Waals surface area contributed by atoms with Crippen molar-refractivity contribution in [3.8, 4) is 0 Å². The molecule has 0 aliphatic carbocycles. The van der Waals surface area contributed by atoms with Crippen LogP contribution >= 0.6 is 11.8 Å². The quantitative estimate of drug-likeness (QED) is 0.744. The topological polar surface area (TPSA) is 40.6 Å². The van der Waals surface area contributed by atoms with Gasteiger partial charge in [0.2, 0.25) is 5.91 Å². The molecular formula is C15H16N2O2S. The first-order valence-electron chi connectivity index (χ1n) is 6.72. The number of anilines is 1. The van der Waals surface area contributed by atoms with E-state index in [2.05, 4.69) is 0 Å². The van der Waals surface area contributed by atoms with Gasteiger partial charge in [-0.05, 0) is 25.0 Å². The normalized spacial score (nSPS) is 20.4. The van der Waals surface area contributed by atoms with E-state index in [4.69, 9.17) is 0 Å². The van der Waals surface area contributed by atoms with Gasteiger partial charge in [-0.1, -0.05) is 23.9 Å². The summed E-state index contributed by atoms with van der Waals surface area (Å²) in [5.41, 5.74) is 0.897. The highest BCUT2D eigenvalue weighted by atomic mass is 32.2. The Morgan fingerprint density at radius 2 is 1.95 bits per heavy atom. The Morgan fingerprint density at radius 3 is 2.70 bits per heavy atom. The van der Waals surface area contributed by atoms with E-state index in [0.29, 0.717) is 4.91 Å². The monoisotopic (exact) mass is 288 g/mol. The lowest BCUT2D eigenvalue weighted by atomic mass is 10.2. The van der Waals surface area contributed by atoms with E-state index in [9.17, 15) is 9.59 Å². The van der Waals surface area contributed by atoms with Crippen LogP contribution in [-0.2, 0) is 9.59 Å². The predicted octanol–water partition coefficient (Wildman–Crippen LogP) is 2.26. The maximum atomic E-state index is 12.3. The van der Waals surface area contributed by atoms with Crippen molar-refractivity contribution in [1.82, 2.24) is 4.90 Å². The smallest absolute Gasteiger partial charge is 0.265 e. The number of benzene rings is 1. The van der Waals surface area contributed by atoms with Crippen LogP contribution in [-0.4, -0.2) is 36.9 Å². The van der Waals surface area contributed by atoms with E-state index in [1.165, 1.54) is 17.8 Å². The van der Waals surface area contributed by atoms with E-state index in [0.717, 1.165) is 36.5 Å². The summed E-state index contributed by atoms with van der Waals surface area (Å²) in [6, 6.07) is 7.74. The Bertz CT molecular complexity index is 591. The van der Waals surface area contributed by atoms with Crippen molar-refractivity contribution in [2.75, 3.05) is 25.0 Å². The molecule has 104 valence electrons. The standard InChI is InChI=1S/C15H16N2O2S/c1-16-11-6-2-3-7-12(11)20-13(15(16)19)10-14(18)17-8-4-5-9-17/h2-3,6-7,10H,4-5,8-9H2,1H3/b13-10+. The third-order valence-electron chi connectivity index (χ3n) is 3.63. The molecule has 0 saturated carbocycles. The first-order valence-corrected chi connectivity index (χ1v) is 7.54. The summed E-state index contributed by atoms with van der Waals surface area (Å²) in [7, 11) is 1.75. The molecule has 1 fully saturated rings. The Labute approximate surface area is 122 Å². The fourth-order valence-corrected chi connectivity index (χ4v) is 3.57. The van der Waals surface area contributed by atoms with Crippen LogP contribution in [0, 0.1) is 0 Å². The third kappa shape index (κ3) is 2.33. The molecule has 3 rings (SSSR count). The number of likely N-dealkylation sites (tertiary alicyclic amines) is 1. The van der Waals surface area contributed by atoms with Crippen molar-refractivity contribution in [1.29, 1.82) is 0 Å². The number of carbonyl (C=O) groups is 2. The minimum Gasteiger partial charge on any atom is -0.339 e. The summed E-state index contributed by atoms with van der Waals surface area (Å²) in [5.74, 6) is -0.160. The number of rotatable bonds is 1. The van der Waals surface area contributed by atoms with Crippen molar-refractivity contribution in [3.05, 3.63) is 35.2 Å². The SMILES string of the molecule is CN1C(=O)/C(=C\C(=O)N2CCCC2)Sc2ccccc21. The van der Waals surface area contributed by atoms with Gasteiger partial charge in [-0.2, -0.15) is 0 Å². The van der Waals surface area contributed by atoms with Crippen LogP contribution in [0.1, 0.15) is 12.8 Å². The number of hydrogen-bond acceptors (Lipinski definition) is 3. The minimum atomic E-state index is -0.110. The second kappa shape index (κ2) is 5.32. The maximum Gasteiger partial charge on any atom is 0.265 e. The van der Waals surface area contributed by atoms with Crippen molar-refractivity contribution in [2.45, 2.75) is 17.7 Å². The molecule has 2 aliphatic rings. The zero-order chi connectivity index (χ0) is 14.1. The third-order valence-corrected chi connectivity index (χ3v) is 4.71. The van der Waals surface area contributed by atoms with E-state index in [1.807, 2.05) is 24.3 Å². The summed E-state index contributed by atoms with van der Waals surface area (Å²) in [5, 5.41) is 0. The summed E-state index contributed by atoms with van der Waals surface area (Å²) in [6.07, 6.45) is 3.60. The summed E-state index contributed by atoms with van der Waals surface area (Å²) >= 11 is 1.38. The van der Waals surface area contributed by atoms with Gasteiger partial charge in [-0.3, -0.25) is 9.59 Å². The van der Waals surface area contributed by atoms with Gasteiger partial charge in [0.1, 0.15) is 0 Å². The number of amides is 2. The van der Waals surface area contributed by atoms with Crippen LogP contribution in [0.3, 0.4) is 0 Å². The average molecular weight is 288 g/mol. The molecule has 2 heterocycles. The molecule has 1 aromatic carbocycles. The molecule has 1 saturated heterocycles. The Balaban J connectivity index is 1.88. The summed E-state index contributed by atoms with van der Waals surface area (Å²) in [4.78, 5) is 29.4. The molecule has 0 atom stereocenters. The van der Waals surface area contributed by atoms with Crippen LogP contribution in [0.4, 0.5) is 5.69 Å². The van der Waals surface area contributed by atoms with Gasteiger partial charge in [0, 0.05) is 31.1 Å². The zero-order valence-corrected chi connectivity index (χ0v) is 12.2. The molecule has 0 unspecified atom stereocenters. The van der Waals surface area contributed by atoms with Crippen LogP contribution in [0.2, 0.25) is 0 Å². The highest BCUT2D eigenvalue weighted by Gasteiger charge is 2.27. The summed E-state index contributed by atoms with van der Waals surface area (Å²) < 4.78 is 0. The molecule has 2 aliphatic heterocycles. The van der Waals surface area contributed by atoms with Crippen LogP contribution in [0.5, 0.6) is 0 Å². The molecule has 2 amide bonds. The first kappa shape index (κ1) is 13.2. The fourth-order valence-electron chi connectivity index (χ4n) is 2.49. The number of likely N-dealkylation sites (N-methyl/N-ethyl adjacent to an activating group) is 1. The largest absolute Gasteiger partial charge is 0.339 e. The molecule has 5 heteroatoms. The number of hydrogen-bond donors (Lipinski definition) is 0. The van der Waals surface area contributed by atoms with Crippen molar-refractivity contribution in [3.63, 3.8) is 0 Å². The van der Waals surface area contributed by atoms with Gasteiger partial charge < -0.3 is 9.80 Å². The van der Waals surface area contributed by atoms with Gasteiger partial charge in [0.15, 0.2) is 0 Å². The molecule has 20 heavy (non-hydrogen) atoms. The number of para-hydroxylation sites is 1. The molecule has 0 bridgehead atoms. The number of thioether (sulfide) groups is 1. The highest BCUT2D eigenvalue weighted by Crippen LogP contribution is 2.40. The number of nitrogens with zero attached hydrogens (tertiary/aromatic N) is 2. The van der Waals surface area contributed by atoms with Gasteiger partial charge in [-0.15, -0.1) is 0 Å². The van der Waals surface area contributed by atoms with Crippen LogP contribution < -0.4 is 4.90 Å². The van der Waals surface area contributed by atoms with Gasteiger partial charge >= 0.3 is 0 Å². The van der Waals surface area contributed by atoms with E-state index < -0.39 is 0 Å². The Morgan fingerprint density at radius 1 is 1.25 bits per heavy atom. The number of fused-ring (bicyclic) bond motifs is 1. The lowest BCUT2D eigenvalue weighted by Gasteiger charge is -2.26. The predicted molar refractivity (Wildman–Crippen MR) is 79.6 cm³/mol.